The van der Waals surface area contributed by atoms with Gasteiger partial charge in [-0.2, -0.15) is 0 Å². The van der Waals surface area contributed by atoms with E-state index in [1.54, 1.807) is 0 Å². The van der Waals surface area contributed by atoms with Gasteiger partial charge in [-0.1, -0.05) is 89.0 Å². The molecule has 0 heteroatoms. The standard InChI is InChI=1S/C21H40/c1-3-5-7-9-11-13-15-17-19-21-20-18-16-14-12-10-8-6-4-2/h3,5,14,16H,4,6-13,15,17-21H2,1-2H3/b5-3+,16-14+. The Hall–Kier alpha value is -0.520. The van der Waals surface area contributed by atoms with E-state index in [4.69, 9.17) is 0 Å². The van der Waals surface area contributed by atoms with Crippen molar-refractivity contribution < 1.29 is 0 Å². The Labute approximate surface area is 135 Å². The van der Waals surface area contributed by atoms with Crippen LogP contribution < -0.4 is 0 Å². The molecule has 0 unspecified atom stereocenters. The van der Waals surface area contributed by atoms with Crippen LogP contribution in [-0.4, -0.2) is 0 Å². The van der Waals surface area contributed by atoms with Crippen molar-refractivity contribution in [2.24, 2.45) is 0 Å². The lowest BCUT2D eigenvalue weighted by Crippen LogP contribution is -1.81. The largest absolute Gasteiger partial charge is 0.0917 e. The van der Waals surface area contributed by atoms with E-state index in [0.717, 1.165) is 0 Å². The summed E-state index contributed by atoms with van der Waals surface area (Å²) in [4.78, 5) is 0. The van der Waals surface area contributed by atoms with E-state index in [9.17, 15) is 0 Å². The quantitative estimate of drug-likeness (QED) is 0.200. The lowest BCUT2D eigenvalue weighted by Gasteiger charge is -2.01. The summed E-state index contributed by atoms with van der Waals surface area (Å²) in [5, 5.41) is 0. The van der Waals surface area contributed by atoms with Gasteiger partial charge in [-0.05, 0) is 45.4 Å². The van der Waals surface area contributed by atoms with E-state index >= 15 is 0 Å². The second-order valence-electron chi connectivity index (χ2n) is 6.30. The Morgan fingerprint density at radius 2 is 0.857 bits per heavy atom. The normalized spacial score (nSPS) is 11.9. The van der Waals surface area contributed by atoms with Crippen LogP contribution in [0, 0.1) is 0 Å². The van der Waals surface area contributed by atoms with Gasteiger partial charge in [0.15, 0.2) is 0 Å². The molecule has 0 spiro atoms. The first-order valence-electron chi connectivity index (χ1n) is 9.68. The minimum Gasteiger partial charge on any atom is -0.0917 e. The molecule has 0 amide bonds. The second-order valence-corrected chi connectivity index (χ2v) is 6.30. The third-order valence-electron chi connectivity index (χ3n) is 4.12. The highest BCUT2D eigenvalue weighted by Crippen LogP contribution is 2.11. The van der Waals surface area contributed by atoms with E-state index in [1.165, 1.54) is 96.3 Å². The van der Waals surface area contributed by atoms with Crippen LogP contribution in [0.4, 0.5) is 0 Å². The topological polar surface area (TPSA) is 0 Å². The number of unbranched alkanes of at least 4 members (excludes halogenated alkanes) is 13. The predicted octanol–water partition coefficient (Wildman–Crippen LogP) is 7.99. The summed E-state index contributed by atoms with van der Waals surface area (Å²) in [5.74, 6) is 0. The van der Waals surface area contributed by atoms with Gasteiger partial charge in [0.2, 0.25) is 0 Å². The van der Waals surface area contributed by atoms with Gasteiger partial charge < -0.3 is 0 Å². The first kappa shape index (κ1) is 20.5. The number of hydrogen-bond acceptors (Lipinski definition) is 0. The highest BCUT2D eigenvalue weighted by atomic mass is 14.0. The van der Waals surface area contributed by atoms with Crippen LogP contribution in [-0.2, 0) is 0 Å². The first-order valence-corrected chi connectivity index (χ1v) is 9.68. The fourth-order valence-electron chi connectivity index (χ4n) is 2.68. The zero-order valence-electron chi connectivity index (χ0n) is 14.9. The molecule has 0 rings (SSSR count). The van der Waals surface area contributed by atoms with Gasteiger partial charge in [-0.25, -0.2) is 0 Å². The highest BCUT2D eigenvalue weighted by Gasteiger charge is 1.91. The molecule has 0 saturated heterocycles. The summed E-state index contributed by atoms with van der Waals surface area (Å²) in [7, 11) is 0. The molecule has 0 bridgehead atoms. The molecule has 0 saturated carbocycles. The van der Waals surface area contributed by atoms with Gasteiger partial charge in [0.25, 0.3) is 0 Å². The molecule has 0 N–H and O–H groups in total. The van der Waals surface area contributed by atoms with Gasteiger partial charge in [0.1, 0.15) is 0 Å². The third-order valence-corrected chi connectivity index (χ3v) is 4.12. The van der Waals surface area contributed by atoms with E-state index in [-0.39, 0.29) is 0 Å². The Morgan fingerprint density at radius 3 is 1.29 bits per heavy atom. The van der Waals surface area contributed by atoms with Crippen LogP contribution in [0.1, 0.15) is 110 Å². The van der Waals surface area contributed by atoms with Gasteiger partial charge in [0, 0.05) is 0 Å². The second kappa shape index (κ2) is 19.5. The van der Waals surface area contributed by atoms with Gasteiger partial charge in [0.05, 0.1) is 0 Å². The molecule has 0 radical (unpaired) electrons. The monoisotopic (exact) mass is 292 g/mol. The molecule has 124 valence electrons. The number of hydrogen-bond donors (Lipinski definition) is 0. The molecule has 0 aliphatic carbocycles. The third kappa shape index (κ3) is 19.5. The van der Waals surface area contributed by atoms with Crippen LogP contribution in [0.25, 0.3) is 0 Å². The van der Waals surface area contributed by atoms with Crippen LogP contribution >= 0.6 is 0 Å². The average Bonchev–Trinajstić information content (AvgIpc) is 2.50. The van der Waals surface area contributed by atoms with E-state index in [1.807, 2.05) is 0 Å². The molecule has 0 fully saturated rings. The van der Waals surface area contributed by atoms with Crippen LogP contribution in [0.15, 0.2) is 24.3 Å². The Morgan fingerprint density at radius 1 is 0.476 bits per heavy atom. The Balaban J connectivity index is 3.03. The molecule has 0 aromatic rings. The zero-order valence-corrected chi connectivity index (χ0v) is 14.9. The van der Waals surface area contributed by atoms with Crippen molar-refractivity contribution in [3.8, 4) is 0 Å². The lowest BCUT2D eigenvalue weighted by molar-refractivity contribution is 0.571. The summed E-state index contributed by atoms with van der Waals surface area (Å²) < 4.78 is 0. The minimum atomic E-state index is 1.28. The smallest absolute Gasteiger partial charge is 0.0351 e. The summed E-state index contributed by atoms with van der Waals surface area (Å²) in [6.07, 6.45) is 30.1. The molecule has 0 heterocycles. The Kier molecular flexibility index (Phi) is 19.0. The maximum Gasteiger partial charge on any atom is -0.0351 e. The van der Waals surface area contributed by atoms with Gasteiger partial charge in [-0.3, -0.25) is 0 Å². The molecule has 0 aliphatic rings. The molecule has 0 aromatic carbocycles. The fraction of sp³-hybridized carbons (Fsp3) is 0.810. The minimum absolute atomic E-state index is 1.28. The van der Waals surface area contributed by atoms with E-state index in [2.05, 4.69) is 38.2 Å². The van der Waals surface area contributed by atoms with Crippen molar-refractivity contribution in [3.05, 3.63) is 24.3 Å². The van der Waals surface area contributed by atoms with Gasteiger partial charge >= 0.3 is 0 Å². The SMILES string of the molecule is C/C=C/CCCCCCCCCC/C=C/CCCCCC. The van der Waals surface area contributed by atoms with Crippen LogP contribution in [0.3, 0.4) is 0 Å². The van der Waals surface area contributed by atoms with Crippen molar-refractivity contribution in [2.45, 2.75) is 110 Å². The summed E-state index contributed by atoms with van der Waals surface area (Å²) >= 11 is 0. The fourth-order valence-corrected chi connectivity index (χ4v) is 2.68. The Bertz CT molecular complexity index is 224. The van der Waals surface area contributed by atoms with Crippen LogP contribution in [0.2, 0.25) is 0 Å². The molecule has 0 atom stereocenters. The highest BCUT2D eigenvalue weighted by molar-refractivity contribution is 4.81. The van der Waals surface area contributed by atoms with Gasteiger partial charge in [-0.15, -0.1) is 0 Å². The molecule has 21 heavy (non-hydrogen) atoms. The summed E-state index contributed by atoms with van der Waals surface area (Å²) in [6, 6.07) is 0. The summed E-state index contributed by atoms with van der Waals surface area (Å²) in [5.41, 5.74) is 0. The van der Waals surface area contributed by atoms with E-state index in [0.29, 0.717) is 0 Å². The maximum atomic E-state index is 2.41. The average molecular weight is 293 g/mol. The zero-order chi connectivity index (χ0) is 15.4. The number of allylic oxidation sites excluding steroid dienone is 4. The van der Waals surface area contributed by atoms with E-state index < -0.39 is 0 Å². The van der Waals surface area contributed by atoms with Crippen molar-refractivity contribution >= 4 is 0 Å². The van der Waals surface area contributed by atoms with Crippen molar-refractivity contribution in [1.29, 1.82) is 0 Å². The van der Waals surface area contributed by atoms with Crippen LogP contribution in [0.5, 0.6) is 0 Å². The number of rotatable bonds is 16. The predicted molar refractivity (Wildman–Crippen MR) is 98.9 cm³/mol. The molecule has 0 nitrogen and oxygen atoms in total. The summed E-state index contributed by atoms with van der Waals surface area (Å²) in [6.45, 7) is 4.39. The van der Waals surface area contributed by atoms with Crippen molar-refractivity contribution in [3.63, 3.8) is 0 Å². The lowest BCUT2D eigenvalue weighted by atomic mass is 10.1. The molecule has 0 aliphatic heterocycles. The molecular weight excluding hydrogens is 252 g/mol. The molecular formula is C21H40. The maximum absolute atomic E-state index is 2.41. The first-order chi connectivity index (χ1) is 10.4. The van der Waals surface area contributed by atoms with Crippen molar-refractivity contribution in [1.82, 2.24) is 0 Å². The van der Waals surface area contributed by atoms with Crippen molar-refractivity contribution in [2.75, 3.05) is 0 Å². The molecule has 0 aromatic heterocycles.